The van der Waals surface area contributed by atoms with Crippen LogP contribution in [0.3, 0.4) is 0 Å². The minimum absolute atomic E-state index is 0.126. The van der Waals surface area contributed by atoms with Gasteiger partial charge in [0.15, 0.2) is 0 Å². The first-order valence-electron chi connectivity index (χ1n) is 9.97. The average molecular weight is 351 g/mol. The molecule has 3 aliphatic heterocycles. The molecule has 0 aromatic heterocycles. The Bertz CT molecular complexity index is 479. The molecular weight excluding hydrogens is 318 g/mol. The van der Waals surface area contributed by atoms with Crippen molar-refractivity contribution < 1.29 is 14.3 Å². The van der Waals surface area contributed by atoms with Crippen LogP contribution in [0, 0.1) is 5.41 Å². The van der Waals surface area contributed by atoms with Crippen LogP contribution in [0.5, 0.6) is 0 Å². The van der Waals surface area contributed by atoms with Gasteiger partial charge in [-0.25, -0.2) is 0 Å². The molecule has 0 aromatic carbocycles. The molecule has 0 radical (unpaired) electrons. The van der Waals surface area contributed by atoms with E-state index in [1.165, 1.54) is 0 Å². The number of nitrogens with zero attached hydrogens (tertiary/aromatic N) is 3. The number of likely N-dealkylation sites (tertiary alicyclic amines) is 2. The SMILES string of the molecule is CCCCN1C[C@@]2(CCCN(C(=O)CN3CCOCC3)C2)CCC1=O. The highest BCUT2D eigenvalue weighted by Gasteiger charge is 2.42. The van der Waals surface area contributed by atoms with Gasteiger partial charge in [0.1, 0.15) is 0 Å². The van der Waals surface area contributed by atoms with E-state index >= 15 is 0 Å². The van der Waals surface area contributed by atoms with E-state index in [0.29, 0.717) is 18.9 Å². The van der Waals surface area contributed by atoms with Crippen LogP contribution in [0.15, 0.2) is 0 Å². The third-order valence-electron chi connectivity index (χ3n) is 6.01. The number of ether oxygens (including phenoxy) is 1. The van der Waals surface area contributed by atoms with Gasteiger partial charge in [0.25, 0.3) is 0 Å². The second-order valence-corrected chi connectivity index (χ2v) is 7.98. The molecule has 3 saturated heterocycles. The molecule has 0 aromatic rings. The van der Waals surface area contributed by atoms with Crippen molar-refractivity contribution in [2.24, 2.45) is 5.41 Å². The quantitative estimate of drug-likeness (QED) is 0.750. The number of piperidine rings is 2. The van der Waals surface area contributed by atoms with E-state index in [9.17, 15) is 9.59 Å². The number of unbranched alkanes of at least 4 members (excludes halogenated alkanes) is 1. The molecule has 0 N–H and O–H groups in total. The lowest BCUT2D eigenvalue weighted by Gasteiger charge is -2.48. The summed E-state index contributed by atoms with van der Waals surface area (Å²) < 4.78 is 5.37. The van der Waals surface area contributed by atoms with Crippen LogP contribution in [-0.4, -0.2) is 85.5 Å². The molecule has 6 nitrogen and oxygen atoms in total. The van der Waals surface area contributed by atoms with E-state index in [0.717, 1.165) is 84.6 Å². The summed E-state index contributed by atoms with van der Waals surface area (Å²) in [5.74, 6) is 0.550. The second-order valence-electron chi connectivity index (χ2n) is 7.98. The minimum Gasteiger partial charge on any atom is -0.379 e. The smallest absolute Gasteiger partial charge is 0.236 e. The normalized spacial score (nSPS) is 28.6. The molecule has 6 heteroatoms. The van der Waals surface area contributed by atoms with E-state index in [2.05, 4.69) is 21.6 Å². The highest BCUT2D eigenvalue weighted by atomic mass is 16.5. The number of hydrogen-bond donors (Lipinski definition) is 0. The van der Waals surface area contributed by atoms with Gasteiger partial charge in [0.2, 0.25) is 11.8 Å². The van der Waals surface area contributed by atoms with Crippen LogP contribution < -0.4 is 0 Å². The van der Waals surface area contributed by atoms with Crippen LogP contribution in [0.2, 0.25) is 0 Å². The first-order valence-corrected chi connectivity index (χ1v) is 9.97. The Morgan fingerprint density at radius 2 is 1.96 bits per heavy atom. The Morgan fingerprint density at radius 1 is 1.16 bits per heavy atom. The highest BCUT2D eigenvalue weighted by molar-refractivity contribution is 5.79. The van der Waals surface area contributed by atoms with E-state index in [1.807, 2.05) is 0 Å². The summed E-state index contributed by atoms with van der Waals surface area (Å²) >= 11 is 0. The van der Waals surface area contributed by atoms with Crippen molar-refractivity contribution >= 4 is 11.8 Å². The highest BCUT2D eigenvalue weighted by Crippen LogP contribution is 2.39. The molecule has 0 aliphatic carbocycles. The first kappa shape index (κ1) is 18.6. The Morgan fingerprint density at radius 3 is 2.72 bits per heavy atom. The lowest BCUT2D eigenvalue weighted by atomic mass is 9.73. The van der Waals surface area contributed by atoms with Gasteiger partial charge < -0.3 is 14.5 Å². The van der Waals surface area contributed by atoms with Gasteiger partial charge >= 0.3 is 0 Å². The second kappa shape index (κ2) is 8.49. The fraction of sp³-hybridized carbons (Fsp3) is 0.895. The van der Waals surface area contributed by atoms with Gasteiger partial charge in [0.05, 0.1) is 19.8 Å². The third kappa shape index (κ3) is 4.73. The molecule has 142 valence electrons. The van der Waals surface area contributed by atoms with Crippen LogP contribution in [0.25, 0.3) is 0 Å². The molecule has 3 aliphatic rings. The number of amides is 2. The Kier molecular flexibility index (Phi) is 6.34. The third-order valence-corrected chi connectivity index (χ3v) is 6.01. The maximum Gasteiger partial charge on any atom is 0.236 e. The predicted molar refractivity (Wildman–Crippen MR) is 96.2 cm³/mol. The van der Waals surface area contributed by atoms with Crippen molar-refractivity contribution in [3.63, 3.8) is 0 Å². The van der Waals surface area contributed by atoms with Crippen LogP contribution in [0.4, 0.5) is 0 Å². The summed E-state index contributed by atoms with van der Waals surface area (Å²) in [6, 6.07) is 0. The summed E-state index contributed by atoms with van der Waals surface area (Å²) in [6.45, 7) is 9.24. The standard InChI is InChI=1S/C19H33N3O3/c1-2-3-8-21-15-19(7-5-17(21)23)6-4-9-22(16-19)18(24)14-20-10-12-25-13-11-20/h2-16H2,1H3/t19-/m1/s1. The van der Waals surface area contributed by atoms with Crippen molar-refractivity contribution in [2.75, 3.05) is 59.0 Å². The summed E-state index contributed by atoms with van der Waals surface area (Å²) in [5.41, 5.74) is 0.126. The van der Waals surface area contributed by atoms with Crippen LogP contribution >= 0.6 is 0 Å². The van der Waals surface area contributed by atoms with Crippen molar-refractivity contribution in [1.82, 2.24) is 14.7 Å². The Labute approximate surface area is 151 Å². The van der Waals surface area contributed by atoms with Gasteiger partial charge in [0, 0.05) is 51.1 Å². The summed E-state index contributed by atoms with van der Waals surface area (Å²) in [7, 11) is 0. The minimum atomic E-state index is 0.126. The molecule has 25 heavy (non-hydrogen) atoms. The molecule has 0 unspecified atom stereocenters. The molecule has 0 saturated carbocycles. The van der Waals surface area contributed by atoms with Crippen molar-refractivity contribution in [3.8, 4) is 0 Å². The Balaban J connectivity index is 1.57. The molecule has 1 spiro atoms. The number of carbonyl (C=O) groups is 2. The zero-order chi connectivity index (χ0) is 17.7. The monoisotopic (exact) mass is 351 g/mol. The average Bonchev–Trinajstić information content (AvgIpc) is 2.64. The lowest BCUT2D eigenvalue weighted by molar-refractivity contribution is -0.144. The van der Waals surface area contributed by atoms with E-state index in [4.69, 9.17) is 4.74 Å². The van der Waals surface area contributed by atoms with Gasteiger partial charge in [-0.15, -0.1) is 0 Å². The molecule has 2 amide bonds. The number of carbonyl (C=O) groups excluding carboxylic acids is 2. The molecule has 3 fully saturated rings. The van der Waals surface area contributed by atoms with Crippen molar-refractivity contribution in [3.05, 3.63) is 0 Å². The lowest BCUT2D eigenvalue weighted by Crippen LogP contribution is -2.56. The molecule has 0 bridgehead atoms. The number of rotatable bonds is 5. The van der Waals surface area contributed by atoms with Gasteiger partial charge in [-0.2, -0.15) is 0 Å². The van der Waals surface area contributed by atoms with Crippen molar-refractivity contribution in [2.45, 2.75) is 45.4 Å². The van der Waals surface area contributed by atoms with E-state index < -0.39 is 0 Å². The number of hydrogen-bond acceptors (Lipinski definition) is 4. The molecular formula is C19H33N3O3. The Hall–Kier alpha value is -1.14. The van der Waals surface area contributed by atoms with E-state index in [-0.39, 0.29) is 11.3 Å². The maximum atomic E-state index is 12.8. The summed E-state index contributed by atoms with van der Waals surface area (Å²) in [6.07, 6.45) is 5.97. The maximum absolute atomic E-state index is 12.8. The fourth-order valence-corrected chi connectivity index (χ4v) is 4.46. The zero-order valence-electron chi connectivity index (χ0n) is 15.7. The molecule has 3 rings (SSSR count). The number of morpholine rings is 1. The fourth-order valence-electron chi connectivity index (χ4n) is 4.46. The zero-order valence-corrected chi connectivity index (χ0v) is 15.7. The van der Waals surface area contributed by atoms with Crippen LogP contribution in [-0.2, 0) is 14.3 Å². The topological polar surface area (TPSA) is 53.1 Å². The van der Waals surface area contributed by atoms with Gasteiger partial charge in [-0.05, 0) is 25.7 Å². The summed E-state index contributed by atoms with van der Waals surface area (Å²) in [4.78, 5) is 31.3. The van der Waals surface area contributed by atoms with E-state index in [1.54, 1.807) is 0 Å². The van der Waals surface area contributed by atoms with Crippen molar-refractivity contribution in [1.29, 1.82) is 0 Å². The van der Waals surface area contributed by atoms with Gasteiger partial charge in [-0.1, -0.05) is 13.3 Å². The van der Waals surface area contributed by atoms with Gasteiger partial charge in [-0.3, -0.25) is 14.5 Å². The summed E-state index contributed by atoms with van der Waals surface area (Å²) in [5, 5.41) is 0. The first-order chi connectivity index (χ1) is 12.1. The largest absolute Gasteiger partial charge is 0.379 e. The predicted octanol–water partition coefficient (Wildman–Crippen LogP) is 1.35. The molecule has 3 heterocycles. The van der Waals surface area contributed by atoms with Crippen LogP contribution in [0.1, 0.15) is 45.4 Å². The molecule has 1 atom stereocenters.